The quantitative estimate of drug-likeness (QED) is 0.616. The second-order valence-corrected chi connectivity index (χ2v) is 3.79. The molecule has 0 bridgehead atoms. The van der Waals surface area contributed by atoms with Crippen molar-refractivity contribution in [2.45, 2.75) is 31.8 Å². The van der Waals surface area contributed by atoms with E-state index >= 15 is 0 Å². The van der Waals surface area contributed by atoms with Crippen molar-refractivity contribution in [3.05, 3.63) is 0 Å². The summed E-state index contributed by atoms with van der Waals surface area (Å²) in [5, 5.41) is 0. The van der Waals surface area contributed by atoms with Crippen LogP contribution >= 0.6 is 0 Å². The van der Waals surface area contributed by atoms with E-state index in [9.17, 15) is 0 Å². The maximum atomic E-state index is 5.70. The van der Waals surface area contributed by atoms with Gasteiger partial charge in [-0.25, -0.2) is 0 Å². The highest BCUT2D eigenvalue weighted by Crippen LogP contribution is 2.37. The van der Waals surface area contributed by atoms with Gasteiger partial charge in [0.25, 0.3) is 0 Å². The van der Waals surface area contributed by atoms with Crippen LogP contribution in [0.25, 0.3) is 0 Å². The number of rotatable bonds is 1. The van der Waals surface area contributed by atoms with Gasteiger partial charge in [0.05, 0.1) is 6.10 Å². The molecule has 3 atom stereocenters. The molecular formula is C9H17NO. The summed E-state index contributed by atoms with van der Waals surface area (Å²) >= 11 is 0. The van der Waals surface area contributed by atoms with Crippen LogP contribution in [0.1, 0.15) is 25.7 Å². The van der Waals surface area contributed by atoms with E-state index in [2.05, 4.69) is 0 Å². The van der Waals surface area contributed by atoms with E-state index in [-0.39, 0.29) is 0 Å². The third-order valence-electron chi connectivity index (χ3n) is 3.23. The lowest BCUT2D eigenvalue weighted by molar-refractivity contribution is 0.0457. The maximum absolute atomic E-state index is 5.70. The van der Waals surface area contributed by atoms with Crippen molar-refractivity contribution in [1.29, 1.82) is 0 Å². The average molecular weight is 155 g/mol. The van der Waals surface area contributed by atoms with Crippen molar-refractivity contribution in [2.75, 3.05) is 13.2 Å². The smallest absolute Gasteiger partial charge is 0.0607 e. The zero-order valence-electron chi connectivity index (χ0n) is 6.96. The molecule has 2 N–H and O–H groups in total. The molecule has 2 aliphatic rings. The van der Waals surface area contributed by atoms with Crippen molar-refractivity contribution >= 4 is 0 Å². The molecule has 0 aromatic heterocycles. The van der Waals surface area contributed by atoms with Gasteiger partial charge in [0.2, 0.25) is 0 Å². The lowest BCUT2D eigenvalue weighted by atomic mass is 9.77. The van der Waals surface area contributed by atoms with E-state index < -0.39 is 0 Å². The highest BCUT2D eigenvalue weighted by atomic mass is 16.5. The third-order valence-corrected chi connectivity index (χ3v) is 3.23. The van der Waals surface area contributed by atoms with Crippen LogP contribution < -0.4 is 5.73 Å². The molecule has 0 aromatic carbocycles. The van der Waals surface area contributed by atoms with Crippen molar-refractivity contribution in [2.24, 2.45) is 17.6 Å². The maximum Gasteiger partial charge on any atom is 0.0607 e. The van der Waals surface area contributed by atoms with E-state index in [0.29, 0.717) is 6.10 Å². The van der Waals surface area contributed by atoms with Gasteiger partial charge in [-0.3, -0.25) is 0 Å². The van der Waals surface area contributed by atoms with E-state index in [1.165, 1.54) is 25.7 Å². The summed E-state index contributed by atoms with van der Waals surface area (Å²) in [7, 11) is 0. The molecule has 2 heteroatoms. The van der Waals surface area contributed by atoms with Crippen molar-refractivity contribution in [3.8, 4) is 0 Å². The first kappa shape index (κ1) is 7.56. The standard InChI is InChI=1S/C9H17NO/c10-6-7-2-1-3-9-8(7)4-5-11-9/h7-9H,1-6,10H2/t7-,8-,9-/m0/s1. The first-order chi connectivity index (χ1) is 5.42. The van der Waals surface area contributed by atoms with Crippen LogP contribution in [0, 0.1) is 11.8 Å². The lowest BCUT2D eigenvalue weighted by Crippen LogP contribution is -2.33. The fourth-order valence-corrected chi connectivity index (χ4v) is 2.59. The summed E-state index contributed by atoms with van der Waals surface area (Å²) in [5.74, 6) is 1.56. The molecule has 0 radical (unpaired) electrons. The van der Waals surface area contributed by atoms with Crippen molar-refractivity contribution in [1.82, 2.24) is 0 Å². The molecule has 1 heterocycles. The normalized spacial score (nSPS) is 43.9. The largest absolute Gasteiger partial charge is 0.378 e. The average Bonchev–Trinajstić information content (AvgIpc) is 2.50. The van der Waals surface area contributed by atoms with Crippen LogP contribution in [0.15, 0.2) is 0 Å². The van der Waals surface area contributed by atoms with Gasteiger partial charge in [0, 0.05) is 6.61 Å². The number of nitrogens with two attached hydrogens (primary N) is 1. The first-order valence-corrected chi connectivity index (χ1v) is 4.73. The summed E-state index contributed by atoms with van der Waals surface area (Å²) < 4.78 is 5.63. The predicted octanol–water partition coefficient (Wildman–Crippen LogP) is 1.15. The summed E-state index contributed by atoms with van der Waals surface area (Å²) in [6.45, 7) is 1.84. The zero-order chi connectivity index (χ0) is 7.68. The van der Waals surface area contributed by atoms with E-state index in [0.717, 1.165) is 25.0 Å². The third kappa shape index (κ3) is 1.30. The summed E-state index contributed by atoms with van der Waals surface area (Å²) in [6, 6.07) is 0. The van der Waals surface area contributed by atoms with E-state index in [4.69, 9.17) is 10.5 Å². The molecule has 11 heavy (non-hydrogen) atoms. The highest BCUT2D eigenvalue weighted by molar-refractivity contribution is 4.86. The lowest BCUT2D eigenvalue weighted by Gasteiger charge is -2.31. The minimum absolute atomic E-state index is 0.567. The number of fused-ring (bicyclic) bond motifs is 1. The topological polar surface area (TPSA) is 35.2 Å². The van der Waals surface area contributed by atoms with Gasteiger partial charge >= 0.3 is 0 Å². The summed E-state index contributed by atoms with van der Waals surface area (Å²) in [5.41, 5.74) is 5.70. The van der Waals surface area contributed by atoms with Crippen LogP contribution in [-0.4, -0.2) is 19.3 Å². The molecule has 1 saturated heterocycles. The Balaban J connectivity index is 2.00. The number of ether oxygens (including phenoxy) is 1. The number of hydrogen-bond donors (Lipinski definition) is 1. The van der Waals surface area contributed by atoms with Crippen molar-refractivity contribution in [3.63, 3.8) is 0 Å². The van der Waals surface area contributed by atoms with Gasteiger partial charge in [-0.1, -0.05) is 6.42 Å². The molecule has 1 saturated carbocycles. The van der Waals surface area contributed by atoms with Gasteiger partial charge in [0.1, 0.15) is 0 Å². The van der Waals surface area contributed by atoms with E-state index in [1.54, 1.807) is 0 Å². The minimum atomic E-state index is 0.567. The van der Waals surface area contributed by atoms with Crippen LogP contribution in [-0.2, 0) is 4.74 Å². The van der Waals surface area contributed by atoms with Crippen molar-refractivity contribution < 1.29 is 4.74 Å². The van der Waals surface area contributed by atoms with Gasteiger partial charge in [-0.2, -0.15) is 0 Å². The SMILES string of the molecule is NC[C@@H]1CCC[C@@H]2OCC[C@@H]12. The summed E-state index contributed by atoms with van der Waals surface area (Å²) in [6.07, 6.45) is 5.76. The van der Waals surface area contributed by atoms with E-state index in [1.807, 2.05) is 0 Å². The second kappa shape index (κ2) is 3.11. The Hall–Kier alpha value is -0.0800. The predicted molar refractivity (Wildman–Crippen MR) is 44.2 cm³/mol. The molecule has 0 unspecified atom stereocenters. The molecule has 0 amide bonds. The molecule has 64 valence electrons. The summed E-state index contributed by atoms with van der Waals surface area (Å²) in [4.78, 5) is 0. The fraction of sp³-hybridized carbons (Fsp3) is 1.00. The molecule has 2 rings (SSSR count). The molecule has 1 aliphatic carbocycles. The Kier molecular flexibility index (Phi) is 2.14. The molecule has 2 nitrogen and oxygen atoms in total. The monoisotopic (exact) mass is 155 g/mol. The molecule has 2 fully saturated rings. The van der Waals surface area contributed by atoms with Crippen LogP contribution in [0.3, 0.4) is 0 Å². The van der Waals surface area contributed by atoms with Gasteiger partial charge in [0.15, 0.2) is 0 Å². The van der Waals surface area contributed by atoms with Crippen LogP contribution in [0.5, 0.6) is 0 Å². The van der Waals surface area contributed by atoms with Crippen LogP contribution in [0.2, 0.25) is 0 Å². The fourth-order valence-electron chi connectivity index (χ4n) is 2.59. The highest BCUT2D eigenvalue weighted by Gasteiger charge is 2.36. The first-order valence-electron chi connectivity index (χ1n) is 4.73. The Morgan fingerprint density at radius 3 is 3.00 bits per heavy atom. The Labute approximate surface area is 68.1 Å². The molecule has 0 aromatic rings. The zero-order valence-corrected chi connectivity index (χ0v) is 6.96. The Bertz CT molecular complexity index is 138. The van der Waals surface area contributed by atoms with Crippen LogP contribution in [0.4, 0.5) is 0 Å². The van der Waals surface area contributed by atoms with Gasteiger partial charge < -0.3 is 10.5 Å². The second-order valence-electron chi connectivity index (χ2n) is 3.79. The number of hydrogen-bond acceptors (Lipinski definition) is 2. The molecule has 0 spiro atoms. The minimum Gasteiger partial charge on any atom is -0.378 e. The Morgan fingerprint density at radius 1 is 1.27 bits per heavy atom. The Morgan fingerprint density at radius 2 is 2.18 bits per heavy atom. The van der Waals surface area contributed by atoms with Gasteiger partial charge in [-0.15, -0.1) is 0 Å². The molecule has 1 aliphatic heterocycles. The van der Waals surface area contributed by atoms with Gasteiger partial charge in [-0.05, 0) is 37.6 Å². The molecular weight excluding hydrogens is 138 g/mol.